The lowest BCUT2D eigenvalue weighted by molar-refractivity contribution is 0.628. The van der Waals surface area contributed by atoms with Crippen LogP contribution in [0.2, 0.25) is 0 Å². The van der Waals surface area contributed by atoms with E-state index in [-0.39, 0.29) is 6.04 Å². The normalized spacial score (nSPS) is 12.4. The van der Waals surface area contributed by atoms with Crippen molar-refractivity contribution in [3.63, 3.8) is 0 Å². The van der Waals surface area contributed by atoms with Gasteiger partial charge in [0.15, 0.2) is 0 Å². The molecular formula is C16H19BrN2. The molecule has 0 aliphatic rings. The van der Waals surface area contributed by atoms with Crippen LogP contribution in [0.15, 0.2) is 41.0 Å². The smallest absolute Gasteiger partial charge is 0.0592 e. The average Bonchev–Trinajstić information content (AvgIpc) is 2.41. The molecule has 1 N–H and O–H groups in total. The Balaban J connectivity index is 2.38. The molecule has 0 bridgehead atoms. The Morgan fingerprint density at radius 1 is 1.16 bits per heavy atom. The fraction of sp³-hybridized carbons (Fsp3) is 0.312. The van der Waals surface area contributed by atoms with E-state index in [1.165, 1.54) is 16.7 Å². The van der Waals surface area contributed by atoms with E-state index in [4.69, 9.17) is 0 Å². The molecule has 0 saturated heterocycles. The number of pyridine rings is 1. The fourth-order valence-corrected chi connectivity index (χ4v) is 2.47. The topological polar surface area (TPSA) is 24.9 Å². The van der Waals surface area contributed by atoms with E-state index in [2.05, 4.69) is 70.4 Å². The van der Waals surface area contributed by atoms with Crippen molar-refractivity contribution in [1.82, 2.24) is 10.3 Å². The zero-order valence-electron chi connectivity index (χ0n) is 11.6. The molecule has 1 aromatic carbocycles. The van der Waals surface area contributed by atoms with Crippen LogP contribution >= 0.6 is 15.9 Å². The molecule has 2 aromatic rings. The van der Waals surface area contributed by atoms with Crippen LogP contribution in [0.1, 0.15) is 35.3 Å². The molecule has 0 aliphatic carbocycles. The predicted molar refractivity (Wildman–Crippen MR) is 83.4 cm³/mol. The fourth-order valence-electron chi connectivity index (χ4n) is 2.07. The van der Waals surface area contributed by atoms with Gasteiger partial charge in [-0.25, -0.2) is 0 Å². The molecule has 2 rings (SSSR count). The summed E-state index contributed by atoms with van der Waals surface area (Å²) in [4.78, 5) is 4.40. The highest BCUT2D eigenvalue weighted by Gasteiger charge is 2.14. The number of aromatic nitrogens is 1. The second-order valence-electron chi connectivity index (χ2n) is 4.73. The SMILES string of the molecule is CCNC(c1ccc(C)nc1)c1ccc(C)c(Br)c1. The number of hydrogen-bond donors (Lipinski definition) is 1. The first-order valence-corrected chi connectivity index (χ1v) is 7.33. The van der Waals surface area contributed by atoms with Gasteiger partial charge in [-0.05, 0) is 49.2 Å². The molecule has 1 atom stereocenters. The Morgan fingerprint density at radius 2 is 1.89 bits per heavy atom. The van der Waals surface area contributed by atoms with Gasteiger partial charge in [-0.15, -0.1) is 0 Å². The largest absolute Gasteiger partial charge is 0.306 e. The van der Waals surface area contributed by atoms with Crippen molar-refractivity contribution in [2.45, 2.75) is 26.8 Å². The molecule has 0 amide bonds. The Bertz CT molecular complexity index is 549. The Hall–Kier alpha value is -1.19. The third-order valence-electron chi connectivity index (χ3n) is 3.21. The van der Waals surface area contributed by atoms with Gasteiger partial charge in [0.1, 0.15) is 0 Å². The summed E-state index contributed by atoms with van der Waals surface area (Å²) in [6.07, 6.45) is 1.95. The van der Waals surface area contributed by atoms with Crippen molar-refractivity contribution in [2.75, 3.05) is 6.54 Å². The van der Waals surface area contributed by atoms with E-state index in [1.54, 1.807) is 0 Å². The first-order valence-electron chi connectivity index (χ1n) is 6.53. The lowest BCUT2D eigenvalue weighted by Crippen LogP contribution is -2.22. The number of benzene rings is 1. The van der Waals surface area contributed by atoms with Crippen molar-refractivity contribution in [2.24, 2.45) is 0 Å². The molecule has 0 spiro atoms. The highest BCUT2D eigenvalue weighted by molar-refractivity contribution is 9.10. The van der Waals surface area contributed by atoms with E-state index in [0.29, 0.717) is 0 Å². The van der Waals surface area contributed by atoms with Crippen LogP contribution in [0.5, 0.6) is 0 Å². The molecule has 2 nitrogen and oxygen atoms in total. The molecule has 0 fully saturated rings. The van der Waals surface area contributed by atoms with Crippen LogP contribution in [0.3, 0.4) is 0 Å². The Morgan fingerprint density at radius 3 is 2.47 bits per heavy atom. The van der Waals surface area contributed by atoms with Crippen LogP contribution in [0.25, 0.3) is 0 Å². The molecular weight excluding hydrogens is 300 g/mol. The minimum Gasteiger partial charge on any atom is -0.306 e. The molecule has 1 unspecified atom stereocenters. The maximum absolute atomic E-state index is 4.40. The molecule has 0 aliphatic heterocycles. The number of rotatable bonds is 4. The van der Waals surface area contributed by atoms with Crippen LogP contribution in [-0.2, 0) is 0 Å². The summed E-state index contributed by atoms with van der Waals surface area (Å²) in [6, 6.07) is 10.9. The molecule has 19 heavy (non-hydrogen) atoms. The Kier molecular flexibility index (Phi) is 4.72. The summed E-state index contributed by atoms with van der Waals surface area (Å²) in [5.74, 6) is 0. The van der Waals surface area contributed by atoms with E-state index in [1.807, 2.05) is 13.1 Å². The van der Waals surface area contributed by atoms with Gasteiger partial charge in [0.25, 0.3) is 0 Å². The second-order valence-corrected chi connectivity index (χ2v) is 5.59. The standard InChI is InChI=1S/C16H19BrN2/c1-4-18-16(14-8-6-12(3)19-10-14)13-7-5-11(2)15(17)9-13/h5-10,16,18H,4H2,1-3H3. The quantitative estimate of drug-likeness (QED) is 0.915. The first kappa shape index (κ1) is 14.2. The van der Waals surface area contributed by atoms with Crippen LogP contribution in [0, 0.1) is 13.8 Å². The van der Waals surface area contributed by atoms with Crippen molar-refractivity contribution in [1.29, 1.82) is 0 Å². The summed E-state index contributed by atoms with van der Waals surface area (Å²) >= 11 is 3.61. The van der Waals surface area contributed by atoms with E-state index < -0.39 is 0 Å². The second kappa shape index (κ2) is 6.31. The first-order chi connectivity index (χ1) is 9.11. The van der Waals surface area contributed by atoms with Crippen LogP contribution in [-0.4, -0.2) is 11.5 Å². The summed E-state index contributed by atoms with van der Waals surface area (Å²) in [7, 11) is 0. The van der Waals surface area contributed by atoms with Gasteiger partial charge >= 0.3 is 0 Å². The average molecular weight is 319 g/mol. The number of nitrogens with one attached hydrogen (secondary N) is 1. The van der Waals surface area contributed by atoms with Gasteiger partial charge in [0.2, 0.25) is 0 Å². The number of hydrogen-bond acceptors (Lipinski definition) is 2. The molecule has 0 radical (unpaired) electrons. The minimum atomic E-state index is 0.190. The van der Waals surface area contributed by atoms with Crippen molar-refractivity contribution < 1.29 is 0 Å². The van der Waals surface area contributed by atoms with Gasteiger partial charge in [0.05, 0.1) is 6.04 Å². The van der Waals surface area contributed by atoms with Crippen LogP contribution < -0.4 is 5.32 Å². The maximum Gasteiger partial charge on any atom is 0.0592 e. The summed E-state index contributed by atoms with van der Waals surface area (Å²) in [5.41, 5.74) is 4.75. The molecule has 100 valence electrons. The van der Waals surface area contributed by atoms with Crippen LogP contribution in [0.4, 0.5) is 0 Å². The van der Waals surface area contributed by atoms with Gasteiger partial charge in [0, 0.05) is 16.4 Å². The number of aryl methyl sites for hydroxylation is 2. The maximum atomic E-state index is 4.40. The van der Waals surface area contributed by atoms with Gasteiger partial charge in [-0.3, -0.25) is 4.98 Å². The minimum absolute atomic E-state index is 0.190. The summed E-state index contributed by atoms with van der Waals surface area (Å²) in [6.45, 7) is 7.15. The summed E-state index contributed by atoms with van der Waals surface area (Å²) in [5, 5.41) is 3.52. The summed E-state index contributed by atoms with van der Waals surface area (Å²) < 4.78 is 1.15. The van der Waals surface area contributed by atoms with Crippen molar-refractivity contribution >= 4 is 15.9 Å². The lowest BCUT2D eigenvalue weighted by Gasteiger charge is -2.19. The highest BCUT2D eigenvalue weighted by Crippen LogP contribution is 2.26. The molecule has 1 aromatic heterocycles. The Labute approximate surface area is 123 Å². The van der Waals surface area contributed by atoms with E-state index in [9.17, 15) is 0 Å². The predicted octanol–water partition coefficient (Wildman–Crippen LogP) is 4.16. The monoisotopic (exact) mass is 318 g/mol. The number of nitrogens with zero attached hydrogens (tertiary/aromatic N) is 1. The van der Waals surface area contributed by atoms with E-state index >= 15 is 0 Å². The zero-order valence-corrected chi connectivity index (χ0v) is 13.2. The molecule has 3 heteroatoms. The van der Waals surface area contributed by atoms with Gasteiger partial charge < -0.3 is 5.32 Å². The number of halogens is 1. The lowest BCUT2D eigenvalue weighted by atomic mass is 9.99. The third kappa shape index (κ3) is 3.43. The van der Waals surface area contributed by atoms with E-state index in [0.717, 1.165) is 16.7 Å². The molecule has 1 heterocycles. The third-order valence-corrected chi connectivity index (χ3v) is 4.06. The highest BCUT2D eigenvalue weighted by atomic mass is 79.9. The van der Waals surface area contributed by atoms with Crippen molar-refractivity contribution in [3.8, 4) is 0 Å². The van der Waals surface area contributed by atoms with Gasteiger partial charge in [-0.1, -0.05) is 41.1 Å². The molecule has 0 saturated carbocycles. The zero-order chi connectivity index (χ0) is 13.8. The van der Waals surface area contributed by atoms with Crippen molar-refractivity contribution in [3.05, 3.63) is 63.4 Å². The van der Waals surface area contributed by atoms with Gasteiger partial charge in [-0.2, -0.15) is 0 Å².